The highest BCUT2D eigenvalue weighted by Gasteiger charge is 2.26. The third-order valence-corrected chi connectivity index (χ3v) is 9.27. The average molecular weight is 597 g/mol. The maximum Gasteiger partial charge on any atom is 0.336 e. The minimum atomic E-state index is -3.35. The summed E-state index contributed by atoms with van der Waals surface area (Å²) in [6.45, 7) is 4.82. The van der Waals surface area contributed by atoms with Gasteiger partial charge >= 0.3 is 7.60 Å². The lowest BCUT2D eigenvalue weighted by Gasteiger charge is -2.27. The quantitative estimate of drug-likeness (QED) is 0.264. The molecule has 1 aromatic heterocycles. The highest BCUT2D eigenvalue weighted by atomic mass is 32.2. The zero-order chi connectivity index (χ0) is 28.0. The fourth-order valence-electron chi connectivity index (χ4n) is 3.52. The molecule has 0 radical (unpaired) electrons. The summed E-state index contributed by atoms with van der Waals surface area (Å²) in [6, 6.07) is 10.7. The Bertz CT molecular complexity index is 1440. The Morgan fingerprint density at radius 2 is 1.74 bits per heavy atom. The van der Waals surface area contributed by atoms with Gasteiger partial charge in [0.25, 0.3) is 5.91 Å². The van der Waals surface area contributed by atoms with Crippen LogP contribution in [0.3, 0.4) is 0 Å². The normalized spacial score (nSPS) is 14.0. The van der Waals surface area contributed by atoms with Gasteiger partial charge in [0.05, 0.1) is 43.2 Å². The van der Waals surface area contributed by atoms with Gasteiger partial charge in [-0.3, -0.25) is 14.7 Å². The van der Waals surface area contributed by atoms with Crippen molar-refractivity contribution in [1.82, 2.24) is 4.98 Å². The molecule has 1 N–H and O–H groups in total. The van der Waals surface area contributed by atoms with E-state index in [1.165, 1.54) is 41.7 Å². The standard InChI is InChI=1S/C25H29N2O9PS2/c1-4-33-37(29,34-5-2)15-18-16-38-25(26-18)27-24(28)17-10-20(12-21(11-17)36-22-13-32-14-22)35-19-6-8-23(9-7-19)39(3,30)31/h6-12,16,22H,4-5,13-15H2,1-3H3,(H,26,27,28). The number of anilines is 1. The van der Waals surface area contributed by atoms with E-state index in [1.54, 1.807) is 31.4 Å². The van der Waals surface area contributed by atoms with E-state index in [4.69, 9.17) is 23.3 Å². The van der Waals surface area contributed by atoms with Crippen LogP contribution in [0.5, 0.6) is 17.2 Å². The fraction of sp³-hybridized carbons (Fsp3) is 0.360. The van der Waals surface area contributed by atoms with Crippen molar-refractivity contribution >= 4 is 39.8 Å². The third-order valence-electron chi connectivity index (χ3n) is 5.32. The van der Waals surface area contributed by atoms with Crippen LogP contribution < -0.4 is 14.8 Å². The van der Waals surface area contributed by atoms with Crippen molar-refractivity contribution in [1.29, 1.82) is 0 Å². The van der Waals surface area contributed by atoms with Gasteiger partial charge in [-0.05, 0) is 50.2 Å². The summed E-state index contributed by atoms with van der Waals surface area (Å²) < 4.78 is 63.9. The maximum absolute atomic E-state index is 13.1. The minimum absolute atomic E-state index is 0.00997. The molecule has 0 saturated carbocycles. The molecule has 0 aliphatic carbocycles. The molecule has 0 bridgehead atoms. The van der Waals surface area contributed by atoms with E-state index in [0.717, 1.165) is 6.26 Å². The number of amides is 1. The van der Waals surface area contributed by atoms with Crippen LogP contribution in [0, 0.1) is 0 Å². The number of hydrogen-bond acceptors (Lipinski definition) is 11. The van der Waals surface area contributed by atoms with Gasteiger partial charge < -0.3 is 23.3 Å². The molecule has 11 nitrogen and oxygen atoms in total. The molecule has 1 aliphatic heterocycles. The first-order chi connectivity index (χ1) is 18.6. The van der Waals surface area contributed by atoms with Gasteiger partial charge in [-0.2, -0.15) is 0 Å². The second kappa shape index (κ2) is 12.6. The van der Waals surface area contributed by atoms with Crippen LogP contribution in [0.25, 0.3) is 0 Å². The van der Waals surface area contributed by atoms with Crippen LogP contribution in [-0.2, 0) is 34.3 Å². The van der Waals surface area contributed by atoms with E-state index in [1.807, 2.05) is 0 Å². The van der Waals surface area contributed by atoms with Gasteiger partial charge in [0.1, 0.15) is 23.4 Å². The highest BCUT2D eigenvalue weighted by molar-refractivity contribution is 7.90. The van der Waals surface area contributed by atoms with Crippen LogP contribution >= 0.6 is 18.9 Å². The Hall–Kier alpha value is -2.80. The van der Waals surface area contributed by atoms with Gasteiger partial charge in [0, 0.05) is 23.3 Å². The number of benzene rings is 2. The predicted molar refractivity (Wildman–Crippen MR) is 146 cm³/mol. The van der Waals surface area contributed by atoms with Crippen molar-refractivity contribution in [2.24, 2.45) is 0 Å². The Labute approximate surface area is 230 Å². The molecule has 2 aromatic carbocycles. The molecule has 3 aromatic rings. The molecule has 0 atom stereocenters. The summed E-state index contributed by atoms with van der Waals surface area (Å²) >= 11 is 1.18. The number of aromatic nitrogens is 1. The number of ether oxygens (including phenoxy) is 3. The average Bonchev–Trinajstić information content (AvgIpc) is 3.27. The number of hydrogen-bond donors (Lipinski definition) is 1. The predicted octanol–water partition coefficient (Wildman–Crippen LogP) is 5.13. The number of rotatable bonds is 13. The first-order valence-electron chi connectivity index (χ1n) is 12.1. The number of carbonyl (C=O) groups is 1. The van der Waals surface area contributed by atoms with Crippen LogP contribution in [-0.4, -0.2) is 58.1 Å². The number of thiazole rings is 1. The summed E-state index contributed by atoms with van der Waals surface area (Å²) in [7, 11) is -6.68. The van der Waals surface area contributed by atoms with Crippen molar-refractivity contribution in [2.45, 2.75) is 31.0 Å². The van der Waals surface area contributed by atoms with Gasteiger partial charge in [-0.1, -0.05) is 0 Å². The molecule has 1 saturated heterocycles. The first-order valence-corrected chi connectivity index (χ1v) is 16.6. The molecule has 39 heavy (non-hydrogen) atoms. The van der Waals surface area contributed by atoms with E-state index < -0.39 is 23.3 Å². The van der Waals surface area contributed by atoms with Crippen molar-refractivity contribution in [3.05, 3.63) is 59.1 Å². The lowest BCUT2D eigenvalue weighted by atomic mass is 10.2. The molecule has 210 valence electrons. The van der Waals surface area contributed by atoms with Crippen molar-refractivity contribution in [3.63, 3.8) is 0 Å². The SMILES string of the molecule is CCOP(=O)(Cc1csc(NC(=O)c2cc(Oc3ccc(S(C)(=O)=O)cc3)cc(OC3COC3)c2)n1)OCC. The molecule has 1 aliphatic rings. The van der Waals surface area contributed by atoms with Gasteiger partial charge in [0.2, 0.25) is 0 Å². The molecule has 2 heterocycles. The molecule has 1 amide bonds. The molecular formula is C25H29N2O9PS2. The van der Waals surface area contributed by atoms with E-state index in [2.05, 4.69) is 10.3 Å². The zero-order valence-corrected chi connectivity index (χ0v) is 24.1. The summed E-state index contributed by atoms with van der Waals surface area (Å²) in [4.78, 5) is 17.7. The number of carbonyl (C=O) groups excluding carboxylic acids is 1. The highest BCUT2D eigenvalue weighted by Crippen LogP contribution is 2.51. The lowest BCUT2D eigenvalue weighted by Crippen LogP contribution is -2.38. The Balaban J connectivity index is 1.51. The summed E-state index contributed by atoms with van der Waals surface area (Å²) in [5, 5.41) is 4.74. The van der Waals surface area contributed by atoms with Crippen LogP contribution in [0.2, 0.25) is 0 Å². The van der Waals surface area contributed by atoms with Crippen LogP contribution in [0.15, 0.2) is 52.7 Å². The summed E-state index contributed by atoms with van der Waals surface area (Å²) in [5.74, 6) is 0.656. The van der Waals surface area contributed by atoms with Crippen molar-refractivity contribution in [2.75, 3.05) is 38.0 Å². The van der Waals surface area contributed by atoms with Gasteiger partial charge in [-0.25, -0.2) is 13.4 Å². The van der Waals surface area contributed by atoms with Gasteiger partial charge in [-0.15, -0.1) is 11.3 Å². The summed E-state index contributed by atoms with van der Waals surface area (Å²) in [6.07, 6.45) is 0.975. The Kier molecular flexibility index (Phi) is 9.42. The van der Waals surface area contributed by atoms with Crippen LogP contribution in [0.4, 0.5) is 5.13 Å². The molecule has 0 spiro atoms. The van der Waals surface area contributed by atoms with E-state index in [0.29, 0.717) is 41.3 Å². The molecule has 0 unspecified atom stereocenters. The molecular weight excluding hydrogens is 567 g/mol. The van der Waals surface area contributed by atoms with Crippen LogP contribution in [0.1, 0.15) is 29.9 Å². The molecule has 4 rings (SSSR count). The topological polar surface area (TPSA) is 139 Å². The monoisotopic (exact) mass is 596 g/mol. The maximum atomic E-state index is 13.1. The zero-order valence-electron chi connectivity index (χ0n) is 21.6. The number of nitrogens with one attached hydrogen (secondary N) is 1. The van der Waals surface area contributed by atoms with Gasteiger partial charge in [0.15, 0.2) is 15.0 Å². The van der Waals surface area contributed by atoms with Crippen molar-refractivity contribution in [3.8, 4) is 17.2 Å². The Morgan fingerprint density at radius 3 is 2.33 bits per heavy atom. The number of nitrogens with zero attached hydrogens (tertiary/aromatic N) is 1. The van der Waals surface area contributed by atoms with E-state index >= 15 is 0 Å². The number of sulfone groups is 1. The smallest absolute Gasteiger partial charge is 0.336 e. The second-order valence-electron chi connectivity index (χ2n) is 8.52. The van der Waals surface area contributed by atoms with E-state index in [9.17, 15) is 17.8 Å². The third kappa shape index (κ3) is 8.10. The second-order valence-corrected chi connectivity index (χ2v) is 13.4. The molecule has 1 fully saturated rings. The lowest BCUT2D eigenvalue weighted by molar-refractivity contribution is -0.0797. The molecule has 14 heteroatoms. The Morgan fingerprint density at radius 1 is 1.08 bits per heavy atom. The fourth-order valence-corrected chi connectivity index (χ4v) is 6.58. The largest absolute Gasteiger partial charge is 0.485 e. The minimum Gasteiger partial charge on any atom is -0.485 e. The summed E-state index contributed by atoms with van der Waals surface area (Å²) in [5.41, 5.74) is 0.728. The first kappa shape index (κ1) is 29.2. The van der Waals surface area contributed by atoms with Crippen molar-refractivity contribution < 1.29 is 41.0 Å². The van der Waals surface area contributed by atoms with E-state index in [-0.39, 0.29) is 35.9 Å².